The van der Waals surface area contributed by atoms with Gasteiger partial charge in [0.05, 0.1) is 5.56 Å². The topological polar surface area (TPSA) is 101 Å². The molecule has 2 aromatic heterocycles. The number of nitriles is 1. The Morgan fingerprint density at radius 2 is 2.00 bits per heavy atom. The third-order valence-electron chi connectivity index (χ3n) is 4.63. The van der Waals surface area contributed by atoms with E-state index in [1.807, 2.05) is 24.3 Å². The van der Waals surface area contributed by atoms with E-state index < -0.39 is 0 Å². The summed E-state index contributed by atoms with van der Waals surface area (Å²) in [7, 11) is 0. The zero-order valence-electron chi connectivity index (χ0n) is 15.0. The van der Waals surface area contributed by atoms with Crippen LogP contribution in [0.25, 0.3) is 0 Å². The van der Waals surface area contributed by atoms with Gasteiger partial charge in [-0.15, -0.1) is 16.4 Å². The van der Waals surface area contributed by atoms with Crippen molar-refractivity contribution in [2.24, 2.45) is 0 Å². The summed E-state index contributed by atoms with van der Waals surface area (Å²) in [4.78, 5) is 30.7. The molecule has 0 aliphatic heterocycles. The zero-order chi connectivity index (χ0) is 19.5. The van der Waals surface area contributed by atoms with Gasteiger partial charge < -0.3 is 5.32 Å². The van der Waals surface area contributed by atoms with Gasteiger partial charge in [-0.2, -0.15) is 5.26 Å². The molecule has 4 rings (SSSR count). The van der Waals surface area contributed by atoms with E-state index in [0.29, 0.717) is 16.1 Å². The number of ketones is 1. The van der Waals surface area contributed by atoms with Crippen molar-refractivity contribution in [2.75, 3.05) is 5.32 Å². The van der Waals surface area contributed by atoms with Crippen LogP contribution in [0.2, 0.25) is 0 Å². The van der Waals surface area contributed by atoms with Crippen molar-refractivity contribution in [1.29, 1.82) is 5.26 Å². The van der Waals surface area contributed by atoms with Crippen LogP contribution in [0, 0.1) is 11.3 Å². The van der Waals surface area contributed by atoms with Crippen molar-refractivity contribution in [3.8, 4) is 6.07 Å². The second kappa shape index (κ2) is 7.74. The van der Waals surface area contributed by atoms with Crippen LogP contribution in [-0.4, -0.2) is 26.5 Å². The molecular weight excluding hydrogens is 374 g/mol. The molecule has 140 valence electrons. The first kappa shape index (κ1) is 18.1. The first-order chi connectivity index (χ1) is 13.7. The maximum absolute atomic E-state index is 13.2. The van der Waals surface area contributed by atoms with Gasteiger partial charge in [-0.3, -0.25) is 9.59 Å². The molecule has 0 bridgehead atoms. The third-order valence-corrected chi connectivity index (χ3v) is 5.84. The number of thiophene rings is 1. The third kappa shape index (κ3) is 3.57. The summed E-state index contributed by atoms with van der Waals surface area (Å²) in [5, 5.41) is 16.2. The Balaban J connectivity index is 1.63. The van der Waals surface area contributed by atoms with E-state index in [2.05, 4.69) is 15.4 Å². The summed E-state index contributed by atoms with van der Waals surface area (Å²) in [5.74, 6) is -0.364. The quantitative estimate of drug-likeness (QED) is 0.674. The average molecular weight is 391 g/mol. The zero-order valence-corrected chi connectivity index (χ0v) is 15.8. The number of nitrogens with one attached hydrogen (secondary N) is 1. The maximum Gasteiger partial charge on any atom is 0.252 e. The summed E-state index contributed by atoms with van der Waals surface area (Å²) in [5.41, 5.74) is 2.28. The molecule has 1 aliphatic rings. The molecule has 7 nitrogen and oxygen atoms in total. The van der Waals surface area contributed by atoms with Crippen molar-refractivity contribution >= 4 is 28.0 Å². The number of fused-ring (bicyclic) bond motifs is 1. The fourth-order valence-electron chi connectivity index (χ4n) is 3.36. The number of amides is 1. The molecule has 0 spiro atoms. The first-order valence-electron chi connectivity index (χ1n) is 8.99. The number of aromatic nitrogens is 3. The Hall–Kier alpha value is -3.31. The number of carbonyl (C=O) groups excluding carboxylic acids is 2. The van der Waals surface area contributed by atoms with E-state index in [1.165, 1.54) is 27.2 Å². The van der Waals surface area contributed by atoms with Crippen molar-refractivity contribution in [2.45, 2.75) is 32.2 Å². The van der Waals surface area contributed by atoms with Gasteiger partial charge in [0.2, 0.25) is 5.91 Å². The molecule has 0 unspecified atom stereocenters. The van der Waals surface area contributed by atoms with E-state index in [1.54, 1.807) is 12.1 Å². The van der Waals surface area contributed by atoms with E-state index in [0.717, 1.165) is 31.2 Å². The molecule has 0 atom stereocenters. The van der Waals surface area contributed by atoms with Crippen molar-refractivity contribution < 1.29 is 9.59 Å². The maximum atomic E-state index is 13.2. The lowest BCUT2D eigenvalue weighted by atomic mass is 9.92. The van der Waals surface area contributed by atoms with Gasteiger partial charge in [0.1, 0.15) is 23.9 Å². The molecule has 2 heterocycles. The van der Waals surface area contributed by atoms with Crippen LogP contribution in [0.5, 0.6) is 0 Å². The van der Waals surface area contributed by atoms with Crippen LogP contribution in [0.1, 0.15) is 45.0 Å². The van der Waals surface area contributed by atoms with Crippen molar-refractivity contribution in [3.05, 3.63) is 64.1 Å². The molecule has 0 saturated carbocycles. The number of benzene rings is 1. The highest BCUT2D eigenvalue weighted by atomic mass is 32.1. The summed E-state index contributed by atoms with van der Waals surface area (Å²) in [6, 6.07) is 11.0. The molecule has 0 fully saturated rings. The number of rotatable bonds is 5. The molecule has 1 aromatic carbocycles. The second-order valence-corrected chi connectivity index (χ2v) is 7.64. The first-order valence-corrected chi connectivity index (χ1v) is 9.81. The number of carbonyl (C=O) groups is 2. The van der Waals surface area contributed by atoms with E-state index in [9.17, 15) is 9.59 Å². The number of hydrogen-bond donors (Lipinski definition) is 1. The van der Waals surface area contributed by atoms with Crippen LogP contribution >= 0.6 is 11.3 Å². The Labute approximate surface area is 165 Å². The van der Waals surface area contributed by atoms with Crippen molar-refractivity contribution in [1.82, 2.24) is 14.8 Å². The SMILES string of the molecule is N#Cc1ncn(CC(=O)Nc2sc3c(c2C(=O)c2ccccc2)CCCC3)n1. The van der Waals surface area contributed by atoms with Crippen molar-refractivity contribution in [3.63, 3.8) is 0 Å². The summed E-state index contributed by atoms with van der Waals surface area (Å²) in [6.45, 7) is -0.0732. The fraction of sp³-hybridized carbons (Fsp3) is 0.250. The molecule has 0 saturated heterocycles. The van der Waals surface area contributed by atoms with E-state index in [-0.39, 0.29) is 24.1 Å². The highest BCUT2D eigenvalue weighted by Gasteiger charge is 2.27. The van der Waals surface area contributed by atoms with Gasteiger partial charge in [-0.05, 0) is 31.2 Å². The average Bonchev–Trinajstić information content (AvgIpc) is 3.31. The van der Waals surface area contributed by atoms with E-state index in [4.69, 9.17) is 5.26 Å². The van der Waals surface area contributed by atoms with Crippen LogP contribution in [-0.2, 0) is 24.2 Å². The molecule has 3 aromatic rings. The van der Waals surface area contributed by atoms with Gasteiger partial charge in [0.15, 0.2) is 5.78 Å². The molecular formula is C20H17N5O2S. The molecule has 28 heavy (non-hydrogen) atoms. The predicted octanol–water partition coefficient (Wildman–Crippen LogP) is 2.96. The normalized spacial score (nSPS) is 12.8. The Morgan fingerprint density at radius 3 is 2.75 bits per heavy atom. The number of nitrogens with zero attached hydrogens (tertiary/aromatic N) is 4. The predicted molar refractivity (Wildman–Crippen MR) is 104 cm³/mol. The van der Waals surface area contributed by atoms with Crippen LogP contribution in [0.3, 0.4) is 0 Å². The summed E-state index contributed by atoms with van der Waals surface area (Å²) < 4.78 is 1.31. The minimum absolute atomic E-state index is 0.0133. The van der Waals surface area contributed by atoms with Gasteiger partial charge in [0, 0.05) is 10.4 Å². The lowest BCUT2D eigenvalue weighted by Crippen LogP contribution is -2.20. The largest absolute Gasteiger partial charge is 0.315 e. The van der Waals surface area contributed by atoms with Gasteiger partial charge >= 0.3 is 0 Å². The van der Waals surface area contributed by atoms with E-state index >= 15 is 0 Å². The Bertz CT molecular complexity index is 1080. The molecule has 8 heteroatoms. The van der Waals surface area contributed by atoms with Gasteiger partial charge in [-0.1, -0.05) is 30.3 Å². The Morgan fingerprint density at radius 1 is 1.21 bits per heavy atom. The highest BCUT2D eigenvalue weighted by molar-refractivity contribution is 7.17. The highest BCUT2D eigenvalue weighted by Crippen LogP contribution is 2.39. The summed E-state index contributed by atoms with van der Waals surface area (Å²) >= 11 is 1.48. The minimum atomic E-state index is -0.310. The summed E-state index contributed by atoms with van der Waals surface area (Å²) in [6.07, 6.45) is 5.26. The van der Waals surface area contributed by atoms with Crippen LogP contribution in [0.4, 0.5) is 5.00 Å². The fourth-order valence-corrected chi connectivity index (χ4v) is 4.67. The van der Waals surface area contributed by atoms with Crippen LogP contribution < -0.4 is 5.32 Å². The standard InChI is InChI=1S/C20H17N5O2S/c21-10-16-22-12-25(24-16)11-17(26)23-20-18(14-8-4-5-9-15(14)28-20)19(27)13-6-2-1-3-7-13/h1-3,6-7,12H,4-5,8-9,11H2,(H,23,26). The smallest absolute Gasteiger partial charge is 0.252 e. The van der Waals surface area contributed by atoms with Gasteiger partial charge in [0.25, 0.3) is 5.82 Å². The van der Waals surface area contributed by atoms with Crippen LogP contribution in [0.15, 0.2) is 36.7 Å². The lowest BCUT2D eigenvalue weighted by molar-refractivity contribution is -0.116. The lowest BCUT2D eigenvalue weighted by Gasteiger charge is -2.12. The Kier molecular flexibility index (Phi) is 5.00. The molecule has 1 aliphatic carbocycles. The minimum Gasteiger partial charge on any atom is -0.315 e. The number of aryl methyl sites for hydroxylation is 1. The number of anilines is 1. The second-order valence-electron chi connectivity index (χ2n) is 6.54. The molecule has 1 N–H and O–H groups in total. The monoisotopic (exact) mass is 391 g/mol. The number of hydrogen-bond acceptors (Lipinski definition) is 6. The molecule has 0 radical (unpaired) electrons. The van der Waals surface area contributed by atoms with Gasteiger partial charge in [-0.25, -0.2) is 9.67 Å². The molecule has 1 amide bonds.